The number of phenols is 1. The number of hydrogen-bond acceptors (Lipinski definition) is 7. The quantitative estimate of drug-likeness (QED) is 0.297. The Morgan fingerprint density at radius 3 is 2.52 bits per heavy atom. The standard InChI is InChI=1S/C22H32N2O2S3/c1-2-3-6-19-21(28-29-22(19)27)17-7-8-20(26)18(15-17)16-24-12-10-23(11-13-24)9-4-5-14-25/h7-8,15,25-26H,2-6,9-14,16H2,1H3. The van der Waals surface area contributed by atoms with Crippen LogP contribution in [0.15, 0.2) is 18.2 Å². The maximum atomic E-state index is 10.4. The summed E-state index contributed by atoms with van der Waals surface area (Å²) in [5.41, 5.74) is 3.50. The van der Waals surface area contributed by atoms with Crippen molar-refractivity contribution in [1.29, 1.82) is 0 Å². The lowest BCUT2D eigenvalue weighted by atomic mass is 10.0. The van der Waals surface area contributed by atoms with E-state index < -0.39 is 0 Å². The van der Waals surface area contributed by atoms with Crippen molar-refractivity contribution in [3.63, 3.8) is 0 Å². The first kappa shape index (κ1) is 22.8. The summed E-state index contributed by atoms with van der Waals surface area (Å²) in [5, 5.41) is 19.4. The highest BCUT2D eigenvalue weighted by Crippen LogP contribution is 2.37. The lowest BCUT2D eigenvalue weighted by Gasteiger charge is -2.34. The Morgan fingerprint density at radius 1 is 1.03 bits per heavy atom. The van der Waals surface area contributed by atoms with Gasteiger partial charge in [-0.05, 0) is 61.6 Å². The number of aliphatic hydroxyl groups excluding tert-OH is 1. The average Bonchev–Trinajstić information content (AvgIpc) is 3.10. The van der Waals surface area contributed by atoms with Crippen LogP contribution in [0.5, 0.6) is 5.75 Å². The number of aliphatic hydroxyl groups is 1. The molecule has 0 spiro atoms. The van der Waals surface area contributed by atoms with Gasteiger partial charge < -0.3 is 15.1 Å². The zero-order valence-electron chi connectivity index (χ0n) is 17.2. The molecule has 3 rings (SSSR count). The van der Waals surface area contributed by atoms with E-state index in [4.69, 9.17) is 17.3 Å². The van der Waals surface area contributed by atoms with E-state index in [1.54, 1.807) is 20.7 Å². The van der Waals surface area contributed by atoms with Crippen molar-refractivity contribution < 1.29 is 10.2 Å². The number of nitrogens with zero attached hydrogens (tertiary/aromatic N) is 2. The Kier molecular flexibility index (Phi) is 9.08. The van der Waals surface area contributed by atoms with E-state index in [2.05, 4.69) is 22.8 Å². The Labute approximate surface area is 186 Å². The molecular formula is C22H32N2O2S3. The maximum absolute atomic E-state index is 10.4. The molecule has 0 saturated carbocycles. The predicted molar refractivity (Wildman–Crippen MR) is 127 cm³/mol. The number of phenolic OH excluding ortho intramolecular Hbond substituents is 1. The van der Waals surface area contributed by atoms with Gasteiger partial charge >= 0.3 is 0 Å². The van der Waals surface area contributed by atoms with Gasteiger partial charge in [0.05, 0.1) is 4.88 Å². The van der Waals surface area contributed by atoms with Gasteiger partial charge in [-0.25, -0.2) is 0 Å². The van der Waals surface area contributed by atoms with Crippen molar-refractivity contribution in [3.05, 3.63) is 33.1 Å². The van der Waals surface area contributed by atoms with Gasteiger partial charge in [0.25, 0.3) is 0 Å². The molecule has 7 heteroatoms. The van der Waals surface area contributed by atoms with Crippen molar-refractivity contribution in [2.24, 2.45) is 0 Å². The molecule has 1 fully saturated rings. The lowest BCUT2D eigenvalue weighted by molar-refractivity contribution is 0.123. The Morgan fingerprint density at radius 2 is 1.79 bits per heavy atom. The van der Waals surface area contributed by atoms with E-state index in [0.717, 1.165) is 74.3 Å². The molecule has 0 aliphatic carbocycles. The van der Waals surface area contributed by atoms with Gasteiger partial charge in [0, 0.05) is 44.9 Å². The molecule has 0 atom stereocenters. The first-order chi connectivity index (χ1) is 14.1. The van der Waals surface area contributed by atoms with Crippen LogP contribution >= 0.6 is 32.9 Å². The Bertz CT molecular complexity index is 826. The predicted octanol–water partition coefficient (Wildman–Crippen LogP) is 5.14. The van der Waals surface area contributed by atoms with Crippen LogP contribution in [-0.2, 0) is 13.0 Å². The van der Waals surface area contributed by atoms with Crippen LogP contribution in [0.3, 0.4) is 0 Å². The largest absolute Gasteiger partial charge is 0.508 e. The molecule has 1 saturated heterocycles. The van der Waals surface area contributed by atoms with Crippen molar-refractivity contribution >= 4 is 32.9 Å². The van der Waals surface area contributed by atoms with E-state index in [1.165, 1.54) is 22.4 Å². The maximum Gasteiger partial charge on any atom is 0.120 e. The molecule has 4 nitrogen and oxygen atoms in total. The van der Waals surface area contributed by atoms with E-state index in [1.807, 2.05) is 12.1 Å². The molecule has 29 heavy (non-hydrogen) atoms. The van der Waals surface area contributed by atoms with Crippen LogP contribution < -0.4 is 0 Å². The van der Waals surface area contributed by atoms with Crippen molar-refractivity contribution in [2.45, 2.75) is 45.6 Å². The summed E-state index contributed by atoms with van der Waals surface area (Å²) in [6.45, 7) is 8.49. The fraction of sp³-hybridized carbons (Fsp3) is 0.591. The molecule has 2 aromatic rings. The number of piperazine rings is 1. The molecule has 1 aromatic carbocycles. The molecule has 0 unspecified atom stereocenters. The third-order valence-electron chi connectivity index (χ3n) is 5.58. The average molecular weight is 453 g/mol. The number of unbranched alkanes of at least 4 members (excludes halogenated alkanes) is 2. The highest BCUT2D eigenvalue weighted by molar-refractivity contribution is 7.80. The van der Waals surface area contributed by atoms with Crippen LogP contribution in [0, 0.1) is 3.82 Å². The highest BCUT2D eigenvalue weighted by Gasteiger charge is 2.19. The van der Waals surface area contributed by atoms with Gasteiger partial charge in [0.2, 0.25) is 0 Å². The first-order valence-electron chi connectivity index (χ1n) is 10.6. The molecule has 1 aliphatic rings. The second-order valence-electron chi connectivity index (χ2n) is 7.76. The number of hydrogen-bond donors (Lipinski definition) is 2. The summed E-state index contributed by atoms with van der Waals surface area (Å²) in [6.07, 6.45) is 5.32. The summed E-state index contributed by atoms with van der Waals surface area (Å²) in [4.78, 5) is 6.18. The minimum atomic E-state index is 0.285. The number of benzene rings is 1. The molecular weight excluding hydrogens is 420 g/mol. The summed E-state index contributed by atoms with van der Waals surface area (Å²) < 4.78 is 1.02. The Hall–Kier alpha value is -0.830. The molecule has 2 N–H and O–H groups in total. The first-order valence-corrected chi connectivity index (χ1v) is 13.2. The molecule has 0 bridgehead atoms. The van der Waals surface area contributed by atoms with Crippen LogP contribution in [0.4, 0.5) is 0 Å². The molecule has 0 radical (unpaired) electrons. The van der Waals surface area contributed by atoms with Gasteiger partial charge in [-0.15, -0.1) is 0 Å². The minimum Gasteiger partial charge on any atom is -0.508 e. The summed E-state index contributed by atoms with van der Waals surface area (Å²) in [7, 11) is 3.46. The van der Waals surface area contributed by atoms with E-state index >= 15 is 0 Å². The molecule has 2 heterocycles. The fourth-order valence-corrected chi connectivity index (χ4v) is 6.78. The van der Waals surface area contributed by atoms with E-state index in [-0.39, 0.29) is 6.61 Å². The SMILES string of the molecule is CCCCc1c(-c2ccc(O)c(CN3CCN(CCCCO)CC3)c2)ssc1=S. The lowest BCUT2D eigenvalue weighted by Crippen LogP contribution is -2.46. The monoisotopic (exact) mass is 452 g/mol. The van der Waals surface area contributed by atoms with Crippen LogP contribution in [-0.4, -0.2) is 59.3 Å². The van der Waals surface area contributed by atoms with Crippen LogP contribution in [0.25, 0.3) is 10.4 Å². The number of aromatic hydroxyl groups is 1. The van der Waals surface area contributed by atoms with Crippen molar-refractivity contribution in [1.82, 2.24) is 9.80 Å². The minimum absolute atomic E-state index is 0.285. The van der Waals surface area contributed by atoms with Crippen molar-refractivity contribution in [2.75, 3.05) is 39.3 Å². The summed E-state index contributed by atoms with van der Waals surface area (Å²) in [5.74, 6) is 0.382. The topological polar surface area (TPSA) is 46.9 Å². The van der Waals surface area contributed by atoms with E-state index in [0.29, 0.717) is 5.75 Å². The Balaban J connectivity index is 1.66. The summed E-state index contributed by atoms with van der Waals surface area (Å²) in [6, 6.07) is 6.03. The number of rotatable bonds is 10. The third kappa shape index (κ3) is 6.32. The molecule has 1 aromatic heterocycles. The highest BCUT2D eigenvalue weighted by atomic mass is 32.9. The summed E-state index contributed by atoms with van der Waals surface area (Å²) >= 11 is 5.58. The van der Waals surface area contributed by atoms with Gasteiger partial charge in [0.15, 0.2) is 0 Å². The molecule has 160 valence electrons. The van der Waals surface area contributed by atoms with Crippen LogP contribution in [0.2, 0.25) is 0 Å². The second kappa shape index (κ2) is 11.5. The van der Waals surface area contributed by atoms with Gasteiger partial charge in [-0.1, -0.05) is 46.2 Å². The van der Waals surface area contributed by atoms with Gasteiger partial charge in [-0.3, -0.25) is 4.90 Å². The normalized spacial score (nSPS) is 15.8. The molecule has 1 aliphatic heterocycles. The second-order valence-corrected chi connectivity index (χ2v) is 10.6. The van der Waals surface area contributed by atoms with Crippen molar-refractivity contribution in [3.8, 4) is 16.2 Å². The molecule has 0 amide bonds. The fourth-order valence-electron chi connectivity index (χ4n) is 3.78. The third-order valence-corrected chi connectivity index (χ3v) is 8.78. The zero-order valence-corrected chi connectivity index (χ0v) is 19.7. The van der Waals surface area contributed by atoms with Gasteiger partial charge in [0.1, 0.15) is 9.57 Å². The van der Waals surface area contributed by atoms with Gasteiger partial charge in [-0.2, -0.15) is 0 Å². The smallest absolute Gasteiger partial charge is 0.120 e. The van der Waals surface area contributed by atoms with Crippen LogP contribution in [0.1, 0.15) is 43.7 Å². The zero-order chi connectivity index (χ0) is 20.6. The van der Waals surface area contributed by atoms with E-state index in [9.17, 15) is 5.11 Å².